The molecule has 6 nitrogen and oxygen atoms in total. The Kier molecular flexibility index (Phi) is 4.98. The Morgan fingerprint density at radius 3 is 2.79 bits per heavy atom. The highest BCUT2D eigenvalue weighted by Crippen LogP contribution is 2.33. The first-order chi connectivity index (χ1) is 15.9. The van der Waals surface area contributed by atoms with Crippen molar-refractivity contribution in [2.75, 3.05) is 5.32 Å². The number of hydrogen-bond donors (Lipinski definition) is 1. The van der Waals surface area contributed by atoms with Gasteiger partial charge in [0.1, 0.15) is 5.69 Å². The maximum absolute atomic E-state index is 13.1. The van der Waals surface area contributed by atoms with E-state index in [1.807, 2.05) is 25.1 Å². The minimum Gasteiger partial charge on any atom is -0.353 e. The molecular formula is C24H16F3N5O. The van der Waals surface area contributed by atoms with Crippen LogP contribution in [0.2, 0.25) is 0 Å². The number of nitrogens with zero attached hydrogens (tertiary/aromatic N) is 4. The predicted octanol–water partition coefficient (Wildman–Crippen LogP) is 5.60. The van der Waals surface area contributed by atoms with Gasteiger partial charge in [-0.2, -0.15) is 18.3 Å². The summed E-state index contributed by atoms with van der Waals surface area (Å²) in [6.45, 7) is 2.00. The summed E-state index contributed by atoms with van der Waals surface area (Å²) in [4.78, 5) is 4.27. The maximum atomic E-state index is 13.1. The Morgan fingerprint density at radius 2 is 1.97 bits per heavy atom. The predicted molar refractivity (Wildman–Crippen MR) is 117 cm³/mol. The zero-order valence-corrected chi connectivity index (χ0v) is 17.3. The van der Waals surface area contributed by atoms with Crippen molar-refractivity contribution in [2.45, 2.75) is 19.5 Å². The number of imidazole rings is 1. The first-order valence-corrected chi connectivity index (χ1v) is 10.1. The fraction of sp³-hybridized carbons (Fsp3) is 0.125. The number of fused-ring (bicyclic) bond motifs is 2. The van der Waals surface area contributed by atoms with Crippen molar-refractivity contribution in [2.24, 2.45) is 0 Å². The molecule has 2 aromatic carbocycles. The van der Waals surface area contributed by atoms with Gasteiger partial charge in [-0.1, -0.05) is 24.1 Å². The van der Waals surface area contributed by atoms with Crippen LogP contribution in [0.4, 0.5) is 24.7 Å². The molecule has 0 aliphatic carbocycles. The van der Waals surface area contributed by atoms with Crippen LogP contribution in [-0.2, 0) is 12.6 Å². The molecule has 0 spiro atoms. The lowest BCUT2D eigenvalue weighted by Crippen LogP contribution is -2.05. The highest BCUT2D eigenvalue weighted by Gasteiger charge is 2.30. The number of aromatic nitrogens is 4. The third-order valence-electron chi connectivity index (χ3n) is 5.10. The van der Waals surface area contributed by atoms with Crippen LogP contribution >= 0.6 is 0 Å². The molecule has 0 saturated heterocycles. The lowest BCUT2D eigenvalue weighted by Gasteiger charge is -2.09. The zero-order valence-electron chi connectivity index (χ0n) is 17.3. The van der Waals surface area contributed by atoms with Gasteiger partial charge < -0.3 is 9.84 Å². The summed E-state index contributed by atoms with van der Waals surface area (Å²) in [5, 5.41) is 11.9. The quantitative estimate of drug-likeness (QED) is 0.365. The van der Waals surface area contributed by atoms with Crippen LogP contribution in [0.1, 0.15) is 29.3 Å². The SMILES string of the molecule is CCc1cc(C#Cc2cnc3cccnn23)c2onc(Nc3cccc(C(F)(F)F)c3)c2c1. The standard InChI is InChI=1S/C24H16F3N5O/c1-2-15-11-16(8-9-19-14-28-21-7-4-10-29-32(19)21)22-20(12-15)23(31-33-22)30-18-6-3-5-17(13-18)24(25,26)27/h3-7,10-14H,2H2,1H3,(H,30,31). The second-order valence-corrected chi connectivity index (χ2v) is 7.30. The first-order valence-electron chi connectivity index (χ1n) is 10.1. The summed E-state index contributed by atoms with van der Waals surface area (Å²) in [6.07, 6.45) is -0.417. The van der Waals surface area contributed by atoms with E-state index in [4.69, 9.17) is 4.52 Å². The summed E-state index contributed by atoms with van der Waals surface area (Å²) in [6, 6.07) is 12.3. The summed E-state index contributed by atoms with van der Waals surface area (Å²) in [7, 11) is 0. The second-order valence-electron chi connectivity index (χ2n) is 7.30. The van der Waals surface area contributed by atoms with Crippen molar-refractivity contribution in [3.8, 4) is 11.8 Å². The maximum Gasteiger partial charge on any atom is 0.416 e. The fourth-order valence-electron chi connectivity index (χ4n) is 3.45. The number of halogens is 3. The molecule has 3 aromatic heterocycles. The number of alkyl halides is 3. The Labute approximate surface area is 186 Å². The molecule has 5 aromatic rings. The highest BCUT2D eigenvalue weighted by atomic mass is 19.4. The van der Waals surface area contributed by atoms with Crippen molar-refractivity contribution in [3.05, 3.63) is 83.3 Å². The Balaban J connectivity index is 1.55. The van der Waals surface area contributed by atoms with Gasteiger partial charge in [0.15, 0.2) is 17.0 Å². The molecule has 1 N–H and O–H groups in total. The molecule has 0 fully saturated rings. The third-order valence-corrected chi connectivity index (χ3v) is 5.10. The highest BCUT2D eigenvalue weighted by molar-refractivity contribution is 5.94. The molecule has 9 heteroatoms. The van der Waals surface area contributed by atoms with Gasteiger partial charge in [0, 0.05) is 11.9 Å². The Hall–Kier alpha value is -4.32. The normalized spacial score (nSPS) is 11.5. The van der Waals surface area contributed by atoms with E-state index in [1.54, 1.807) is 23.0 Å². The van der Waals surface area contributed by atoms with E-state index in [0.717, 1.165) is 24.1 Å². The molecule has 0 bridgehead atoms. The van der Waals surface area contributed by atoms with Gasteiger partial charge in [0.2, 0.25) is 0 Å². The van der Waals surface area contributed by atoms with Gasteiger partial charge in [0.05, 0.1) is 22.7 Å². The smallest absolute Gasteiger partial charge is 0.353 e. The van der Waals surface area contributed by atoms with Gasteiger partial charge in [-0.3, -0.25) is 0 Å². The van der Waals surface area contributed by atoms with Crippen molar-refractivity contribution < 1.29 is 17.7 Å². The molecule has 0 unspecified atom stereocenters. The topological polar surface area (TPSA) is 68.2 Å². The van der Waals surface area contributed by atoms with Crippen LogP contribution in [0, 0.1) is 11.8 Å². The molecule has 0 aliphatic rings. The van der Waals surface area contributed by atoms with Gasteiger partial charge in [0.25, 0.3) is 0 Å². The van der Waals surface area contributed by atoms with Gasteiger partial charge in [-0.15, -0.1) is 0 Å². The van der Waals surface area contributed by atoms with E-state index in [2.05, 4.69) is 32.4 Å². The van der Waals surface area contributed by atoms with Crippen LogP contribution < -0.4 is 5.32 Å². The van der Waals surface area contributed by atoms with Crippen molar-refractivity contribution >= 4 is 28.1 Å². The zero-order chi connectivity index (χ0) is 23.0. The van der Waals surface area contributed by atoms with Crippen molar-refractivity contribution in [1.82, 2.24) is 19.8 Å². The average Bonchev–Trinajstić information content (AvgIpc) is 3.41. The molecule has 164 valence electrons. The average molecular weight is 447 g/mol. The van der Waals surface area contributed by atoms with Crippen LogP contribution in [0.25, 0.3) is 16.6 Å². The largest absolute Gasteiger partial charge is 0.416 e. The van der Waals surface area contributed by atoms with E-state index in [-0.39, 0.29) is 5.69 Å². The van der Waals surface area contributed by atoms with Crippen LogP contribution in [0.15, 0.2) is 65.4 Å². The molecule has 33 heavy (non-hydrogen) atoms. The molecular weight excluding hydrogens is 431 g/mol. The number of nitrogens with one attached hydrogen (secondary N) is 1. The molecule has 0 aliphatic heterocycles. The number of anilines is 2. The van der Waals surface area contributed by atoms with Crippen molar-refractivity contribution in [1.29, 1.82) is 0 Å². The van der Waals surface area contributed by atoms with E-state index in [1.165, 1.54) is 12.1 Å². The second kappa shape index (κ2) is 7.98. The molecule has 0 amide bonds. The van der Waals surface area contributed by atoms with E-state index in [0.29, 0.717) is 33.7 Å². The number of aryl methyl sites for hydroxylation is 1. The molecule has 3 heterocycles. The van der Waals surface area contributed by atoms with Crippen LogP contribution in [0.3, 0.4) is 0 Å². The Bertz CT molecular complexity index is 1540. The fourth-order valence-corrected chi connectivity index (χ4v) is 3.45. The van der Waals surface area contributed by atoms with Crippen molar-refractivity contribution in [3.63, 3.8) is 0 Å². The first kappa shape index (κ1) is 20.6. The number of rotatable bonds is 3. The van der Waals surface area contributed by atoms with Gasteiger partial charge in [-0.05, 0) is 60.4 Å². The van der Waals surface area contributed by atoms with E-state index >= 15 is 0 Å². The summed E-state index contributed by atoms with van der Waals surface area (Å²) < 4.78 is 46.4. The van der Waals surface area contributed by atoms with Crippen LogP contribution in [-0.4, -0.2) is 19.8 Å². The minimum absolute atomic E-state index is 0.256. The third kappa shape index (κ3) is 3.99. The van der Waals surface area contributed by atoms with Crippen LogP contribution in [0.5, 0.6) is 0 Å². The molecule has 0 radical (unpaired) electrons. The van der Waals surface area contributed by atoms with E-state index in [9.17, 15) is 13.2 Å². The monoisotopic (exact) mass is 447 g/mol. The number of hydrogen-bond acceptors (Lipinski definition) is 5. The molecule has 0 saturated carbocycles. The molecule has 0 atom stereocenters. The van der Waals surface area contributed by atoms with E-state index < -0.39 is 11.7 Å². The summed E-state index contributed by atoms with van der Waals surface area (Å²) >= 11 is 0. The summed E-state index contributed by atoms with van der Waals surface area (Å²) in [5.74, 6) is 6.49. The van der Waals surface area contributed by atoms with Gasteiger partial charge >= 0.3 is 6.18 Å². The summed E-state index contributed by atoms with van der Waals surface area (Å²) in [5.41, 5.74) is 2.84. The number of benzene rings is 2. The minimum atomic E-state index is -4.44. The molecule has 5 rings (SSSR count). The van der Waals surface area contributed by atoms with Gasteiger partial charge in [-0.25, -0.2) is 9.50 Å². The lowest BCUT2D eigenvalue weighted by atomic mass is 10.0. The lowest BCUT2D eigenvalue weighted by molar-refractivity contribution is -0.137. The Morgan fingerprint density at radius 1 is 1.09 bits per heavy atom.